The molecule has 7 heteroatoms. The minimum absolute atomic E-state index is 0.0412. The zero-order chi connectivity index (χ0) is 17.7. The zero-order valence-electron chi connectivity index (χ0n) is 13.4. The van der Waals surface area contributed by atoms with Gasteiger partial charge in [-0.15, -0.1) is 0 Å². The lowest BCUT2D eigenvalue weighted by molar-refractivity contribution is -0.118. The third-order valence-electron chi connectivity index (χ3n) is 3.38. The highest BCUT2D eigenvalue weighted by molar-refractivity contribution is 7.91. The van der Waals surface area contributed by atoms with E-state index in [9.17, 15) is 13.2 Å². The molecule has 2 aromatic carbocycles. The van der Waals surface area contributed by atoms with Gasteiger partial charge >= 0.3 is 0 Å². The van der Waals surface area contributed by atoms with Gasteiger partial charge in [-0.05, 0) is 42.8 Å². The van der Waals surface area contributed by atoms with Crippen molar-refractivity contribution in [3.05, 3.63) is 53.1 Å². The lowest BCUT2D eigenvalue weighted by Crippen LogP contribution is -2.21. The molecule has 0 aromatic heterocycles. The van der Waals surface area contributed by atoms with E-state index in [0.29, 0.717) is 10.8 Å². The van der Waals surface area contributed by atoms with Gasteiger partial charge in [-0.3, -0.25) is 4.79 Å². The van der Waals surface area contributed by atoms with Gasteiger partial charge in [0.2, 0.25) is 0 Å². The second-order valence-electron chi connectivity index (χ2n) is 5.15. The Labute approximate surface area is 146 Å². The van der Waals surface area contributed by atoms with Crippen molar-refractivity contribution in [1.82, 2.24) is 0 Å². The average molecular weight is 368 g/mol. The molecule has 1 amide bonds. The lowest BCUT2D eigenvalue weighted by Gasteiger charge is -2.12. The summed E-state index contributed by atoms with van der Waals surface area (Å²) in [6.45, 7) is 3.16. The fraction of sp³-hybridized carbons (Fsp3) is 0.235. The van der Waals surface area contributed by atoms with Crippen LogP contribution in [0.25, 0.3) is 0 Å². The SMILES string of the molecule is CCS(=O)(=O)c1ccccc1NC(=O)COc1ccc(Cl)c(C)c1. The molecule has 0 bridgehead atoms. The zero-order valence-corrected chi connectivity index (χ0v) is 14.9. The Morgan fingerprint density at radius 3 is 2.58 bits per heavy atom. The van der Waals surface area contributed by atoms with Crippen molar-refractivity contribution in [2.24, 2.45) is 0 Å². The summed E-state index contributed by atoms with van der Waals surface area (Å²) in [7, 11) is -3.42. The fourth-order valence-electron chi connectivity index (χ4n) is 2.04. The topological polar surface area (TPSA) is 72.5 Å². The molecule has 2 rings (SSSR count). The first-order valence-corrected chi connectivity index (χ1v) is 9.37. The van der Waals surface area contributed by atoms with E-state index in [-0.39, 0.29) is 22.9 Å². The fourth-order valence-corrected chi connectivity index (χ4v) is 3.21. The Balaban J connectivity index is 2.07. The van der Waals surface area contributed by atoms with Crippen molar-refractivity contribution in [3.8, 4) is 5.75 Å². The number of ether oxygens (including phenoxy) is 1. The maximum atomic E-state index is 12.1. The van der Waals surface area contributed by atoms with Crippen LogP contribution in [0.1, 0.15) is 12.5 Å². The summed E-state index contributed by atoms with van der Waals surface area (Å²) in [5.74, 6) is 0.0309. The van der Waals surface area contributed by atoms with Crippen LogP contribution in [-0.4, -0.2) is 26.7 Å². The number of hydrogen-bond donors (Lipinski definition) is 1. The van der Waals surface area contributed by atoms with E-state index in [4.69, 9.17) is 16.3 Å². The van der Waals surface area contributed by atoms with Crippen LogP contribution in [-0.2, 0) is 14.6 Å². The van der Waals surface area contributed by atoms with Gasteiger partial charge in [-0.25, -0.2) is 8.42 Å². The molecule has 0 aliphatic heterocycles. The van der Waals surface area contributed by atoms with Crippen LogP contribution in [0.5, 0.6) is 5.75 Å². The smallest absolute Gasteiger partial charge is 0.262 e. The summed E-state index contributed by atoms with van der Waals surface area (Å²) in [4.78, 5) is 12.1. The molecule has 0 aliphatic carbocycles. The van der Waals surface area contributed by atoms with Gasteiger partial charge in [-0.2, -0.15) is 0 Å². The minimum atomic E-state index is -3.42. The number of nitrogens with one attached hydrogen (secondary N) is 1. The Kier molecular flexibility index (Phi) is 5.85. The maximum absolute atomic E-state index is 12.1. The second kappa shape index (κ2) is 7.68. The molecule has 0 heterocycles. The molecular weight excluding hydrogens is 350 g/mol. The van der Waals surface area contributed by atoms with E-state index in [1.807, 2.05) is 6.92 Å². The van der Waals surface area contributed by atoms with E-state index in [1.54, 1.807) is 43.3 Å². The molecule has 5 nitrogen and oxygen atoms in total. The first kappa shape index (κ1) is 18.3. The summed E-state index contributed by atoms with van der Waals surface area (Å²) >= 11 is 5.93. The average Bonchev–Trinajstić information content (AvgIpc) is 2.56. The first-order valence-electron chi connectivity index (χ1n) is 7.34. The monoisotopic (exact) mass is 367 g/mol. The lowest BCUT2D eigenvalue weighted by atomic mass is 10.2. The number of para-hydroxylation sites is 1. The van der Waals surface area contributed by atoms with E-state index in [1.165, 1.54) is 6.07 Å². The maximum Gasteiger partial charge on any atom is 0.262 e. The largest absolute Gasteiger partial charge is 0.484 e. The van der Waals surface area contributed by atoms with Crippen molar-refractivity contribution in [2.45, 2.75) is 18.7 Å². The number of carbonyl (C=O) groups is 1. The Hall–Kier alpha value is -2.05. The summed E-state index contributed by atoms with van der Waals surface area (Å²) in [5, 5.41) is 3.19. The van der Waals surface area contributed by atoms with E-state index in [0.717, 1.165) is 5.56 Å². The van der Waals surface area contributed by atoms with E-state index >= 15 is 0 Å². The highest BCUT2D eigenvalue weighted by Gasteiger charge is 2.17. The van der Waals surface area contributed by atoms with Gasteiger partial charge in [0.25, 0.3) is 5.91 Å². The number of benzene rings is 2. The molecule has 0 atom stereocenters. The van der Waals surface area contributed by atoms with Crippen molar-refractivity contribution in [3.63, 3.8) is 0 Å². The number of anilines is 1. The molecule has 0 fully saturated rings. The van der Waals surface area contributed by atoms with Crippen molar-refractivity contribution >= 4 is 33.0 Å². The molecular formula is C17H18ClNO4S. The van der Waals surface area contributed by atoms with Gasteiger partial charge < -0.3 is 10.1 Å². The predicted molar refractivity (Wildman–Crippen MR) is 94.5 cm³/mol. The van der Waals surface area contributed by atoms with Crippen LogP contribution in [0.15, 0.2) is 47.4 Å². The number of sulfone groups is 1. The van der Waals surface area contributed by atoms with Crippen molar-refractivity contribution < 1.29 is 17.9 Å². The highest BCUT2D eigenvalue weighted by Crippen LogP contribution is 2.23. The predicted octanol–water partition coefficient (Wildman–Crippen LogP) is 3.46. The number of carbonyl (C=O) groups excluding carboxylic acids is 1. The van der Waals surface area contributed by atoms with Crippen LogP contribution in [0, 0.1) is 6.92 Å². The van der Waals surface area contributed by atoms with Crippen LogP contribution in [0.3, 0.4) is 0 Å². The normalized spacial score (nSPS) is 11.1. The number of aryl methyl sites for hydroxylation is 1. The van der Waals surface area contributed by atoms with Crippen LogP contribution < -0.4 is 10.1 Å². The van der Waals surface area contributed by atoms with Crippen molar-refractivity contribution in [1.29, 1.82) is 0 Å². The van der Waals surface area contributed by atoms with Gasteiger partial charge in [0.1, 0.15) is 5.75 Å². The third kappa shape index (κ3) is 4.49. The van der Waals surface area contributed by atoms with E-state index in [2.05, 4.69) is 5.32 Å². The summed E-state index contributed by atoms with van der Waals surface area (Å²) in [6.07, 6.45) is 0. The van der Waals surface area contributed by atoms with Gasteiger partial charge in [-0.1, -0.05) is 30.7 Å². The molecule has 0 radical (unpaired) electrons. The molecule has 0 unspecified atom stereocenters. The van der Waals surface area contributed by atoms with Gasteiger partial charge in [0.05, 0.1) is 16.3 Å². The molecule has 1 N–H and O–H groups in total. The van der Waals surface area contributed by atoms with E-state index < -0.39 is 15.7 Å². The standard InChI is InChI=1S/C17H18ClNO4S/c1-3-24(21,22)16-7-5-4-6-15(16)19-17(20)11-23-13-8-9-14(18)12(2)10-13/h4-10H,3,11H2,1-2H3,(H,19,20). The Morgan fingerprint density at radius 2 is 1.92 bits per heavy atom. The molecule has 128 valence electrons. The number of rotatable bonds is 6. The second-order valence-corrected chi connectivity index (χ2v) is 7.80. The summed E-state index contributed by atoms with van der Waals surface area (Å²) < 4.78 is 29.5. The number of halogens is 1. The van der Waals surface area contributed by atoms with Crippen molar-refractivity contribution in [2.75, 3.05) is 17.7 Å². The van der Waals surface area contributed by atoms with Crippen LogP contribution >= 0.6 is 11.6 Å². The Morgan fingerprint density at radius 1 is 1.21 bits per heavy atom. The molecule has 2 aromatic rings. The molecule has 0 spiro atoms. The summed E-state index contributed by atoms with van der Waals surface area (Å²) in [5.41, 5.74) is 1.09. The first-order chi connectivity index (χ1) is 11.3. The Bertz CT molecular complexity index is 849. The quantitative estimate of drug-likeness (QED) is 0.848. The number of amides is 1. The van der Waals surface area contributed by atoms with Crippen LogP contribution in [0.2, 0.25) is 5.02 Å². The van der Waals surface area contributed by atoms with Gasteiger partial charge in [0, 0.05) is 5.02 Å². The minimum Gasteiger partial charge on any atom is -0.484 e. The molecule has 0 aliphatic rings. The third-order valence-corrected chi connectivity index (χ3v) is 5.59. The van der Waals surface area contributed by atoms with Gasteiger partial charge in [0.15, 0.2) is 16.4 Å². The summed E-state index contributed by atoms with van der Waals surface area (Å²) in [6, 6.07) is 11.4. The molecule has 0 saturated carbocycles. The highest BCUT2D eigenvalue weighted by atomic mass is 35.5. The molecule has 24 heavy (non-hydrogen) atoms. The van der Waals surface area contributed by atoms with Crippen LogP contribution in [0.4, 0.5) is 5.69 Å². The number of hydrogen-bond acceptors (Lipinski definition) is 4. The molecule has 0 saturated heterocycles.